The average molecular weight is 317 g/mol. The molecule has 1 saturated heterocycles. The van der Waals surface area contributed by atoms with Crippen molar-refractivity contribution in [1.29, 1.82) is 0 Å². The summed E-state index contributed by atoms with van der Waals surface area (Å²) in [6, 6.07) is 7.10. The Morgan fingerprint density at radius 2 is 1.96 bits per heavy atom. The van der Waals surface area contributed by atoms with Gasteiger partial charge in [-0.05, 0) is 5.56 Å². The molecule has 1 fully saturated rings. The highest BCUT2D eigenvalue weighted by molar-refractivity contribution is 5.86. The second-order valence-corrected chi connectivity index (χ2v) is 5.39. The molecule has 0 amide bonds. The van der Waals surface area contributed by atoms with Gasteiger partial charge in [-0.25, -0.2) is 9.59 Å². The van der Waals surface area contributed by atoms with E-state index in [1.165, 1.54) is 0 Å². The Bertz CT molecular complexity index is 696. The van der Waals surface area contributed by atoms with Crippen molar-refractivity contribution in [2.75, 3.05) is 6.54 Å². The lowest BCUT2D eigenvalue weighted by Gasteiger charge is -2.38. The number of carbonyl (C=O) groups is 2. The lowest BCUT2D eigenvalue weighted by Crippen LogP contribution is -2.59. The number of carbonyl (C=O) groups excluding carboxylic acids is 2. The van der Waals surface area contributed by atoms with Gasteiger partial charge in [-0.3, -0.25) is 5.32 Å². The molecule has 0 saturated carbocycles. The quantitative estimate of drug-likeness (QED) is 0.465. The van der Waals surface area contributed by atoms with E-state index >= 15 is 0 Å². The minimum absolute atomic E-state index is 0.0499. The molecular formula is C16H15NO6. The number of ether oxygens (including phenoxy) is 2. The monoisotopic (exact) mass is 317 g/mol. The van der Waals surface area contributed by atoms with Gasteiger partial charge >= 0.3 is 11.9 Å². The van der Waals surface area contributed by atoms with E-state index in [2.05, 4.69) is 11.2 Å². The molecule has 3 N–H and O–H groups in total. The van der Waals surface area contributed by atoms with Crippen molar-refractivity contribution in [3.63, 3.8) is 0 Å². The zero-order valence-electron chi connectivity index (χ0n) is 12.1. The van der Waals surface area contributed by atoms with Gasteiger partial charge in [-0.15, -0.1) is 6.42 Å². The molecule has 1 aliphatic carbocycles. The van der Waals surface area contributed by atoms with Crippen LogP contribution < -0.4 is 5.32 Å². The van der Waals surface area contributed by atoms with Crippen LogP contribution in [0.15, 0.2) is 24.3 Å². The third-order valence-corrected chi connectivity index (χ3v) is 4.03. The molecule has 7 nitrogen and oxygen atoms in total. The number of aliphatic hydroxyl groups is 2. The molecule has 1 aliphatic heterocycles. The predicted molar refractivity (Wildman–Crippen MR) is 76.6 cm³/mol. The summed E-state index contributed by atoms with van der Waals surface area (Å²) in [5.41, 5.74) is -0.0740. The highest BCUT2D eigenvalue weighted by Crippen LogP contribution is 2.41. The number of nitrogens with one attached hydrogen (secondary N) is 1. The summed E-state index contributed by atoms with van der Waals surface area (Å²) in [5, 5.41) is 22.3. The molecule has 0 bridgehead atoms. The van der Waals surface area contributed by atoms with Crippen molar-refractivity contribution < 1.29 is 29.3 Å². The van der Waals surface area contributed by atoms with Crippen LogP contribution in [0.1, 0.15) is 11.1 Å². The minimum atomic E-state index is -2.03. The lowest BCUT2D eigenvalue weighted by atomic mass is 10.0. The first-order valence-electron chi connectivity index (χ1n) is 7.06. The van der Waals surface area contributed by atoms with E-state index in [4.69, 9.17) is 15.9 Å². The molecule has 4 unspecified atom stereocenters. The number of aliphatic hydroxyl groups excluding tert-OH is 2. The molecule has 4 atom stereocenters. The maximum Gasteiger partial charge on any atom is 0.340 e. The minimum Gasteiger partial charge on any atom is -0.454 e. The van der Waals surface area contributed by atoms with E-state index in [9.17, 15) is 19.8 Å². The summed E-state index contributed by atoms with van der Waals surface area (Å²) in [7, 11) is 0. The molecule has 2 aliphatic rings. The van der Waals surface area contributed by atoms with Gasteiger partial charge in [0, 0.05) is 12.0 Å². The van der Waals surface area contributed by atoms with Crippen LogP contribution in [0, 0.1) is 12.3 Å². The fourth-order valence-corrected chi connectivity index (χ4v) is 2.94. The number of esters is 2. The first-order valence-corrected chi connectivity index (χ1v) is 7.06. The molecule has 120 valence electrons. The normalized spacial score (nSPS) is 32.7. The Labute approximate surface area is 132 Å². The summed E-state index contributed by atoms with van der Waals surface area (Å²) in [4.78, 5) is 24.0. The Balaban J connectivity index is 2.10. The molecule has 0 aromatic heterocycles. The zero-order chi connectivity index (χ0) is 16.6. The Hall–Kier alpha value is -2.40. The van der Waals surface area contributed by atoms with E-state index in [0.29, 0.717) is 5.56 Å². The number of hydrogen-bond acceptors (Lipinski definition) is 7. The van der Waals surface area contributed by atoms with Gasteiger partial charge in [0.05, 0.1) is 6.54 Å². The molecule has 1 aromatic carbocycles. The second-order valence-electron chi connectivity index (χ2n) is 5.39. The SMILES string of the molecule is C#CCNC12OC(=O)C(O)C(O)C(=O)OC1Cc1ccccc12. The largest absolute Gasteiger partial charge is 0.454 e. The van der Waals surface area contributed by atoms with Gasteiger partial charge in [-0.2, -0.15) is 0 Å². The van der Waals surface area contributed by atoms with Gasteiger partial charge < -0.3 is 19.7 Å². The molecule has 23 heavy (non-hydrogen) atoms. The van der Waals surface area contributed by atoms with Crippen LogP contribution in [0.2, 0.25) is 0 Å². The van der Waals surface area contributed by atoms with E-state index in [1.807, 2.05) is 6.07 Å². The topological polar surface area (TPSA) is 105 Å². The molecule has 1 heterocycles. The molecule has 3 rings (SSSR count). The molecule has 1 aromatic rings. The van der Waals surface area contributed by atoms with Gasteiger partial charge in [0.25, 0.3) is 0 Å². The molecule has 7 heteroatoms. The van der Waals surface area contributed by atoms with E-state index < -0.39 is 36.0 Å². The van der Waals surface area contributed by atoms with Crippen LogP contribution in [-0.2, 0) is 31.2 Å². The standard InChI is InChI=1S/C16H15NO6/c1-2-7-17-16-10-6-4-3-5-9(10)8-11(16)22-14(20)12(18)13(19)15(21)23-16/h1,3-6,11-13,17-19H,7-8H2. The van der Waals surface area contributed by atoms with Crippen LogP contribution >= 0.6 is 0 Å². The highest BCUT2D eigenvalue weighted by atomic mass is 16.6. The molecule has 0 spiro atoms. The summed E-state index contributed by atoms with van der Waals surface area (Å²) in [6.45, 7) is 0.0499. The van der Waals surface area contributed by atoms with Crippen LogP contribution in [-0.4, -0.2) is 47.0 Å². The first-order chi connectivity index (χ1) is 11.0. The van der Waals surface area contributed by atoms with Crippen LogP contribution in [0.4, 0.5) is 0 Å². The average Bonchev–Trinajstić information content (AvgIpc) is 2.84. The van der Waals surface area contributed by atoms with E-state index in [0.717, 1.165) is 5.56 Å². The van der Waals surface area contributed by atoms with Gasteiger partial charge in [0.2, 0.25) is 5.72 Å². The Morgan fingerprint density at radius 3 is 2.70 bits per heavy atom. The second kappa shape index (κ2) is 5.66. The van der Waals surface area contributed by atoms with Gasteiger partial charge in [-0.1, -0.05) is 30.2 Å². The number of terminal acetylenes is 1. The maximum absolute atomic E-state index is 12.1. The van der Waals surface area contributed by atoms with Crippen molar-refractivity contribution >= 4 is 11.9 Å². The summed E-state index contributed by atoms with van der Waals surface area (Å²) in [6.07, 6.45) is 0.651. The fraction of sp³-hybridized carbons (Fsp3) is 0.375. The van der Waals surface area contributed by atoms with Crippen molar-refractivity contribution in [1.82, 2.24) is 5.32 Å². The van der Waals surface area contributed by atoms with E-state index in [1.54, 1.807) is 18.2 Å². The van der Waals surface area contributed by atoms with Crippen molar-refractivity contribution in [3.8, 4) is 12.3 Å². The predicted octanol–water partition coefficient (Wildman–Crippen LogP) is -1.19. The van der Waals surface area contributed by atoms with Crippen molar-refractivity contribution in [2.45, 2.75) is 30.5 Å². The molecular weight excluding hydrogens is 302 g/mol. The van der Waals surface area contributed by atoms with Crippen LogP contribution in [0.25, 0.3) is 0 Å². The van der Waals surface area contributed by atoms with Gasteiger partial charge in [0.1, 0.15) is 0 Å². The number of benzene rings is 1. The van der Waals surface area contributed by atoms with Crippen LogP contribution in [0.3, 0.4) is 0 Å². The third kappa shape index (κ3) is 2.37. The summed E-state index contributed by atoms with van der Waals surface area (Å²) < 4.78 is 10.7. The summed E-state index contributed by atoms with van der Waals surface area (Å²) in [5.74, 6) is 0.171. The van der Waals surface area contributed by atoms with Gasteiger partial charge in [0.15, 0.2) is 18.3 Å². The van der Waals surface area contributed by atoms with Crippen LogP contribution in [0.5, 0.6) is 0 Å². The van der Waals surface area contributed by atoms with Crippen molar-refractivity contribution in [3.05, 3.63) is 35.4 Å². The maximum atomic E-state index is 12.1. The Morgan fingerprint density at radius 1 is 1.26 bits per heavy atom. The fourth-order valence-electron chi connectivity index (χ4n) is 2.94. The number of rotatable bonds is 2. The third-order valence-electron chi connectivity index (χ3n) is 4.03. The number of hydrogen-bond donors (Lipinski definition) is 3. The summed E-state index contributed by atoms with van der Waals surface area (Å²) >= 11 is 0. The first kappa shape index (κ1) is 15.5. The lowest BCUT2D eigenvalue weighted by molar-refractivity contribution is -0.220. The zero-order valence-corrected chi connectivity index (χ0v) is 12.1. The smallest absolute Gasteiger partial charge is 0.340 e. The van der Waals surface area contributed by atoms with Crippen molar-refractivity contribution in [2.24, 2.45) is 0 Å². The highest BCUT2D eigenvalue weighted by Gasteiger charge is 2.55. The molecule has 0 radical (unpaired) electrons. The number of fused-ring (bicyclic) bond motifs is 3. The van der Waals surface area contributed by atoms with E-state index in [-0.39, 0.29) is 13.0 Å². The Kier molecular flexibility index (Phi) is 3.82.